The lowest BCUT2D eigenvalue weighted by Crippen LogP contribution is -2.54. The molecule has 2 heterocycles. The highest BCUT2D eigenvalue weighted by atomic mass is 35.5. The molecule has 0 saturated carbocycles. The Hall–Kier alpha value is -2.47. The van der Waals surface area contributed by atoms with Gasteiger partial charge in [0.1, 0.15) is 5.54 Å². The van der Waals surface area contributed by atoms with Gasteiger partial charge in [-0.25, -0.2) is 0 Å². The fraction of sp³-hybridized carbons (Fsp3) is 0.524. The third-order valence-electron chi connectivity index (χ3n) is 5.55. The van der Waals surface area contributed by atoms with Crippen molar-refractivity contribution in [2.75, 3.05) is 32.7 Å². The Balaban J connectivity index is 1.46. The highest BCUT2D eigenvalue weighted by molar-refractivity contribution is 6.30. The number of aromatic nitrogens is 2. The molecule has 0 radical (unpaired) electrons. The van der Waals surface area contributed by atoms with Crippen LogP contribution in [0.1, 0.15) is 26.7 Å². The van der Waals surface area contributed by atoms with E-state index in [9.17, 15) is 10.1 Å². The van der Waals surface area contributed by atoms with Gasteiger partial charge < -0.3 is 9.84 Å². The third-order valence-corrected chi connectivity index (χ3v) is 5.80. The fourth-order valence-electron chi connectivity index (χ4n) is 3.17. The van der Waals surface area contributed by atoms with E-state index in [-0.39, 0.29) is 11.8 Å². The summed E-state index contributed by atoms with van der Waals surface area (Å²) < 4.78 is 5.39. The minimum atomic E-state index is -0.849. The van der Waals surface area contributed by atoms with Crippen molar-refractivity contribution in [1.82, 2.24) is 25.3 Å². The van der Waals surface area contributed by atoms with Gasteiger partial charge in [-0.05, 0) is 37.1 Å². The van der Waals surface area contributed by atoms with Crippen LogP contribution in [-0.4, -0.2) is 64.1 Å². The number of benzene rings is 1. The van der Waals surface area contributed by atoms with Crippen LogP contribution in [0.3, 0.4) is 0 Å². The standard InChI is InChI=1S/C21H27ClN6O2/c1-15(2)21(3,14-23)25-18(29)12-27-8-10-28(11-9-27)13-19-24-20(26-30-19)16-4-6-17(22)7-5-16/h4-7,15H,8-13H2,1-3H3,(H,25,29). The second kappa shape index (κ2) is 9.56. The van der Waals surface area contributed by atoms with Gasteiger partial charge in [-0.3, -0.25) is 14.6 Å². The van der Waals surface area contributed by atoms with Gasteiger partial charge in [0.15, 0.2) is 0 Å². The van der Waals surface area contributed by atoms with Crippen LogP contribution in [0.5, 0.6) is 0 Å². The summed E-state index contributed by atoms with van der Waals surface area (Å²) in [5.41, 5.74) is 0.00885. The predicted octanol–water partition coefficient (Wildman–Crippen LogP) is 2.56. The molecule has 9 heteroatoms. The van der Waals surface area contributed by atoms with E-state index in [1.54, 1.807) is 19.1 Å². The largest absolute Gasteiger partial charge is 0.338 e. The minimum Gasteiger partial charge on any atom is -0.338 e. The quantitative estimate of drug-likeness (QED) is 0.720. The van der Waals surface area contributed by atoms with E-state index in [0.717, 1.165) is 31.7 Å². The van der Waals surface area contributed by atoms with Gasteiger partial charge in [0.2, 0.25) is 17.6 Å². The van der Waals surface area contributed by atoms with Gasteiger partial charge in [0, 0.05) is 36.8 Å². The van der Waals surface area contributed by atoms with Crippen LogP contribution in [0.15, 0.2) is 28.8 Å². The molecule has 1 aliphatic rings. The summed E-state index contributed by atoms with van der Waals surface area (Å²) in [5.74, 6) is 1.02. The van der Waals surface area contributed by atoms with Crippen LogP contribution in [0.25, 0.3) is 11.4 Å². The maximum atomic E-state index is 12.4. The number of halogens is 1. The van der Waals surface area contributed by atoms with Crippen LogP contribution in [0, 0.1) is 17.2 Å². The van der Waals surface area contributed by atoms with Crippen molar-refractivity contribution < 1.29 is 9.32 Å². The lowest BCUT2D eigenvalue weighted by Gasteiger charge is -2.34. The van der Waals surface area contributed by atoms with Gasteiger partial charge in [-0.2, -0.15) is 10.2 Å². The molecular weight excluding hydrogens is 404 g/mol. The molecule has 1 saturated heterocycles. The van der Waals surface area contributed by atoms with E-state index in [0.29, 0.717) is 29.8 Å². The molecule has 1 amide bonds. The zero-order chi connectivity index (χ0) is 21.7. The first-order valence-electron chi connectivity index (χ1n) is 10.0. The molecule has 1 aromatic heterocycles. The first-order chi connectivity index (χ1) is 14.3. The minimum absolute atomic E-state index is 0.0375. The number of nitriles is 1. The van der Waals surface area contributed by atoms with Gasteiger partial charge in [0.05, 0.1) is 19.2 Å². The van der Waals surface area contributed by atoms with E-state index in [1.165, 1.54) is 0 Å². The molecular formula is C21H27ClN6O2. The summed E-state index contributed by atoms with van der Waals surface area (Å²) in [6.45, 7) is 9.59. The molecule has 1 aromatic carbocycles. The van der Waals surface area contributed by atoms with E-state index in [2.05, 4.69) is 31.3 Å². The summed E-state index contributed by atoms with van der Waals surface area (Å²) in [4.78, 5) is 21.1. The molecule has 160 valence electrons. The van der Waals surface area contributed by atoms with E-state index in [1.807, 2.05) is 26.0 Å². The smallest absolute Gasteiger partial charge is 0.241 e. The average Bonchev–Trinajstić information content (AvgIpc) is 3.18. The van der Waals surface area contributed by atoms with Crippen molar-refractivity contribution in [3.05, 3.63) is 35.2 Å². The average molecular weight is 431 g/mol. The van der Waals surface area contributed by atoms with Crippen molar-refractivity contribution in [3.8, 4) is 17.5 Å². The lowest BCUT2D eigenvalue weighted by molar-refractivity contribution is -0.124. The number of rotatable bonds is 7. The second-order valence-corrected chi connectivity index (χ2v) is 8.52. The monoisotopic (exact) mass is 430 g/mol. The number of hydrogen-bond acceptors (Lipinski definition) is 7. The topological polar surface area (TPSA) is 98.3 Å². The number of carbonyl (C=O) groups excluding carboxylic acids is 1. The molecule has 0 spiro atoms. The molecule has 0 aliphatic carbocycles. The van der Waals surface area contributed by atoms with Crippen molar-refractivity contribution in [2.45, 2.75) is 32.9 Å². The number of piperazine rings is 1. The van der Waals surface area contributed by atoms with Crippen LogP contribution < -0.4 is 5.32 Å². The molecule has 1 unspecified atom stereocenters. The molecule has 30 heavy (non-hydrogen) atoms. The molecule has 1 atom stereocenters. The lowest BCUT2D eigenvalue weighted by atomic mass is 9.90. The summed E-state index contributed by atoms with van der Waals surface area (Å²) in [5, 5.41) is 16.9. The van der Waals surface area contributed by atoms with Crippen molar-refractivity contribution in [3.63, 3.8) is 0 Å². The summed E-state index contributed by atoms with van der Waals surface area (Å²) in [7, 11) is 0. The van der Waals surface area contributed by atoms with Crippen molar-refractivity contribution in [1.29, 1.82) is 5.26 Å². The highest BCUT2D eigenvalue weighted by Crippen LogP contribution is 2.19. The second-order valence-electron chi connectivity index (χ2n) is 8.09. The van der Waals surface area contributed by atoms with Gasteiger partial charge >= 0.3 is 0 Å². The molecule has 2 aromatic rings. The summed E-state index contributed by atoms with van der Waals surface area (Å²) in [6.07, 6.45) is 0. The number of carbonyl (C=O) groups is 1. The van der Waals surface area contributed by atoms with Crippen molar-refractivity contribution >= 4 is 17.5 Å². The fourth-order valence-corrected chi connectivity index (χ4v) is 3.29. The molecule has 3 rings (SSSR count). The van der Waals surface area contributed by atoms with Gasteiger partial charge in [0.25, 0.3) is 0 Å². The maximum absolute atomic E-state index is 12.4. The van der Waals surface area contributed by atoms with E-state index in [4.69, 9.17) is 16.1 Å². The zero-order valence-electron chi connectivity index (χ0n) is 17.6. The third kappa shape index (κ3) is 5.57. The zero-order valence-corrected chi connectivity index (χ0v) is 18.3. The van der Waals surface area contributed by atoms with E-state index >= 15 is 0 Å². The van der Waals surface area contributed by atoms with Gasteiger partial charge in [-0.1, -0.05) is 30.6 Å². The Bertz CT molecular complexity index is 899. The van der Waals surface area contributed by atoms with Crippen LogP contribution in [0.4, 0.5) is 0 Å². The molecule has 0 bridgehead atoms. The maximum Gasteiger partial charge on any atom is 0.241 e. The SMILES string of the molecule is CC(C)C(C)(C#N)NC(=O)CN1CCN(Cc2nc(-c3ccc(Cl)cc3)no2)CC1. The molecule has 8 nitrogen and oxygen atoms in total. The van der Waals surface area contributed by atoms with Crippen LogP contribution in [-0.2, 0) is 11.3 Å². The van der Waals surface area contributed by atoms with Crippen LogP contribution >= 0.6 is 11.6 Å². The van der Waals surface area contributed by atoms with E-state index < -0.39 is 5.54 Å². The first-order valence-corrected chi connectivity index (χ1v) is 10.4. The normalized spacial score (nSPS) is 17.5. The number of nitrogens with zero attached hydrogens (tertiary/aromatic N) is 5. The Morgan fingerprint density at radius 2 is 1.90 bits per heavy atom. The molecule has 1 aliphatic heterocycles. The number of amides is 1. The van der Waals surface area contributed by atoms with Gasteiger partial charge in [-0.15, -0.1) is 0 Å². The summed E-state index contributed by atoms with van der Waals surface area (Å²) in [6, 6.07) is 9.51. The molecule has 1 fully saturated rings. The Kier molecular flexibility index (Phi) is 7.08. The van der Waals surface area contributed by atoms with Crippen LogP contribution in [0.2, 0.25) is 5.02 Å². The highest BCUT2D eigenvalue weighted by Gasteiger charge is 2.31. The first kappa shape index (κ1) is 22.2. The summed E-state index contributed by atoms with van der Waals surface area (Å²) >= 11 is 5.91. The number of hydrogen-bond donors (Lipinski definition) is 1. The predicted molar refractivity (Wildman–Crippen MR) is 113 cm³/mol. The Labute approximate surface area is 181 Å². The number of nitrogens with one attached hydrogen (secondary N) is 1. The van der Waals surface area contributed by atoms with Crippen molar-refractivity contribution in [2.24, 2.45) is 5.92 Å². The Morgan fingerprint density at radius 3 is 2.50 bits per heavy atom. The molecule has 1 N–H and O–H groups in total. The Morgan fingerprint density at radius 1 is 1.27 bits per heavy atom.